The second-order valence-electron chi connectivity index (χ2n) is 6.64. The molecule has 5 heteroatoms. The zero-order valence-corrected chi connectivity index (χ0v) is 15.7. The highest BCUT2D eigenvalue weighted by atomic mass is 35.5. The number of ketones is 1. The SMILES string of the molecule is CC(=O)c1ccc(C#N)cc1N1CCCN(Cc2ccc(Cl)cc2)CC1. The van der Waals surface area contributed by atoms with Crippen LogP contribution in [0.25, 0.3) is 0 Å². The fourth-order valence-electron chi connectivity index (χ4n) is 3.38. The smallest absolute Gasteiger partial charge is 0.161 e. The molecule has 0 radical (unpaired) electrons. The lowest BCUT2D eigenvalue weighted by Crippen LogP contribution is -2.31. The lowest BCUT2D eigenvalue weighted by Gasteiger charge is -2.25. The highest BCUT2D eigenvalue weighted by Crippen LogP contribution is 2.24. The highest BCUT2D eigenvalue weighted by molar-refractivity contribution is 6.30. The number of Topliss-reactive ketones (excluding diaryl/α,β-unsaturated/α-hetero) is 1. The zero-order valence-electron chi connectivity index (χ0n) is 14.9. The Hall–Kier alpha value is -2.35. The van der Waals surface area contributed by atoms with Gasteiger partial charge in [0, 0.05) is 49.0 Å². The Balaban J connectivity index is 1.73. The molecule has 134 valence electrons. The normalized spacial score (nSPS) is 15.3. The number of nitriles is 1. The Labute approximate surface area is 159 Å². The first-order valence-electron chi connectivity index (χ1n) is 8.83. The summed E-state index contributed by atoms with van der Waals surface area (Å²) in [7, 11) is 0. The summed E-state index contributed by atoms with van der Waals surface area (Å²) in [4.78, 5) is 16.7. The minimum atomic E-state index is 0.0340. The average Bonchev–Trinajstić information content (AvgIpc) is 2.88. The summed E-state index contributed by atoms with van der Waals surface area (Å²) in [6, 6.07) is 15.5. The molecular weight excluding hydrogens is 346 g/mol. The van der Waals surface area contributed by atoms with Crippen LogP contribution in [0.15, 0.2) is 42.5 Å². The number of hydrogen-bond donors (Lipinski definition) is 0. The molecule has 0 bridgehead atoms. The molecule has 0 N–H and O–H groups in total. The molecule has 1 saturated heterocycles. The molecule has 3 rings (SSSR count). The molecule has 1 aliphatic rings. The Morgan fingerprint density at radius 1 is 1.12 bits per heavy atom. The maximum Gasteiger partial charge on any atom is 0.161 e. The maximum atomic E-state index is 12.0. The van der Waals surface area contributed by atoms with E-state index < -0.39 is 0 Å². The van der Waals surface area contributed by atoms with E-state index in [1.54, 1.807) is 19.1 Å². The summed E-state index contributed by atoms with van der Waals surface area (Å²) in [5.74, 6) is 0.0340. The third-order valence-corrected chi connectivity index (χ3v) is 5.01. The van der Waals surface area contributed by atoms with Crippen molar-refractivity contribution in [3.05, 3.63) is 64.2 Å². The molecule has 0 spiro atoms. The first kappa shape index (κ1) is 18.4. The second kappa shape index (κ2) is 8.35. The Bertz CT molecular complexity index is 826. The van der Waals surface area contributed by atoms with Gasteiger partial charge in [0.2, 0.25) is 0 Å². The number of halogens is 1. The van der Waals surface area contributed by atoms with E-state index in [1.165, 1.54) is 5.56 Å². The van der Waals surface area contributed by atoms with Gasteiger partial charge < -0.3 is 4.90 Å². The summed E-state index contributed by atoms with van der Waals surface area (Å²) in [6.45, 7) is 6.11. The van der Waals surface area contributed by atoms with E-state index in [1.807, 2.05) is 18.2 Å². The molecule has 26 heavy (non-hydrogen) atoms. The molecule has 1 heterocycles. The summed E-state index contributed by atoms with van der Waals surface area (Å²) in [6.07, 6.45) is 1.02. The summed E-state index contributed by atoms with van der Waals surface area (Å²) < 4.78 is 0. The van der Waals surface area contributed by atoms with Crippen molar-refractivity contribution in [2.45, 2.75) is 19.9 Å². The van der Waals surface area contributed by atoms with E-state index in [4.69, 9.17) is 11.6 Å². The van der Waals surface area contributed by atoms with Crippen molar-refractivity contribution < 1.29 is 4.79 Å². The van der Waals surface area contributed by atoms with E-state index in [9.17, 15) is 10.1 Å². The Morgan fingerprint density at radius 3 is 2.58 bits per heavy atom. The molecule has 4 nitrogen and oxygen atoms in total. The van der Waals surface area contributed by atoms with Gasteiger partial charge in [0.25, 0.3) is 0 Å². The van der Waals surface area contributed by atoms with Gasteiger partial charge in [-0.2, -0.15) is 5.26 Å². The molecule has 1 aliphatic heterocycles. The lowest BCUT2D eigenvalue weighted by molar-refractivity contribution is 0.101. The monoisotopic (exact) mass is 367 g/mol. The van der Waals surface area contributed by atoms with Gasteiger partial charge in [-0.05, 0) is 49.2 Å². The van der Waals surface area contributed by atoms with Crippen LogP contribution >= 0.6 is 11.6 Å². The van der Waals surface area contributed by atoms with E-state index in [2.05, 4.69) is 28.0 Å². The molecule has 0 aliphatic carbocycles. The van der Waals surface area contributed by atoms with E-state index in [-0.39, 0.29) is 5.78 Å². The number of benzene rings is 2. The van der Waals surface area contributed by atoms with Crippen molar-refractivity contribution in [1.29, 1.82) is 5.26 Å². The first-order valence-corrected chi connectivity index (χ1v) is 9.21. The van der Waals surface area contributed by atoms with Crippen LogP contribution in [0.2, 0.25) is 5.02 Å². The standard InChI is InChI=1S/C21H22ClN3O/c1-16(26)20-8-5-18(14-23)13-21(20)25-10-2-9-24(11-12-25)15-17-3-6-19(22)7-4-17/h3-8,13H,2,9-12,15H2,1H3. The van der Waals surface area contributed by atoms with Crippen LogP contribution < -0.4 is 4.90 Å². The molecular formula is C21H22ClN3O. The minimum Gasteiger partial charge on any atom is -0.370 e. The van der Waals surface area contributed by atoms with E-state index >= 15 is 0 Å². The highest BCUT2D eigenvalue weighted by Gasteiger charge is 2.19. The quantitative estimate of drug-likeness (QED) is 0.762. The topological polar surface area (TPSA) is 47.3 Å². The Morgan fingerprint density at radius 2 is 1.88 bits per heavy atom. The number of nitrogens with zero attached hydrogens (tertiary/aromatic N) is 3. The van der Waals surface area contributed by atoms with Gasteiger partial charge in [-0.1, -0.05) is 23.7 Å². The minimum absolute atomic E-state index is 0.0340. The van der Waals surface area contributed by atoms with Gasteiger partial charge in [0.05, 0.1) is 11.6 Å². The number of carbonyl (C=O) groups is 1. The average molecular weight is 368 g/mol. The van der Waals surface area contributed by atoms with Gasteiger partial charge in [0.15, 0.2) is 5.78 Å². The van der Waals surface area contributed by atoms with Crippen LogP contribution in [0.3, 0.4) is 0 Å². The van der Waals surface area contributed by atoms with Crippen LogP contribution in [0.5, 0.6) is 0 Å². The molecule has 0 unspecified atom stereocenters. The number of rotatable bonds is 4. The largest absolute Gasteiger partial charge is 0.370 e. The van der Waals surface area contributed by atoms with Gasteiger partial charge in [-0.15, -0.1) is 0 Å². The van der Waals surface area contributed by atoms with Crippen molar-refractivity contribution in [1.82, 2.24) is 4.90 Å². The first-order chi connectivity index (χ1) is 12.6. The third kappa shape index (κ3) is 4.43. The second-order valence-corrected chi connectivity index (χ2v) is 7.08. The molecule has 0 amide bonds. The third-order valence-electron chi connectivity index (χ3n) is 4.75. The van der Waals surface area contributed by atoms with Crippen molar-refractivity contribution in [2.24, 2.45) is 0 Å². The summed E-state index contributed by atoms with van der Waals surface area (Å²) in [5.41, 5.74) is 3.41. The van der Waals surface area contributed by atoms with Crippen LogP contribution in [-0.2, 0) is 6.54 Å². The number of anilines is 1. The molecule has 2 aromatic carbocycles. The van der Waals surface area contributed by atoms with E-state index in [0.717, 1.165) is 49.9 Å². The van der Waals surface area contributed by atoms with Crippen LogP contribution in [0.1, 0.15) is 34.8 Å². The molecule has 2 aromatic rings. The van der Waals surface area contributed by atoms with Gasteiger partial charge in [-0.25, -0.2) is 0 Å². The fraction of sp³-hybridized carbons (Fsp3) is 0.333. The van der Waals surface area contributed by atoms with Crippen LogP contribution in [-0.4, -0.2) is 36.9 Å². The maximum absolute atomic E-state index is 12.0. The number of carbonyl (C=O) groups excluding carboxylic acids is 1. The fourth-order valence-corrected chi connectivity index (χ4v) is 3.50. The van der Waals surface area contributed by atoms with Crippen molar-refractivity contribution in [3.63, 3.8) is 0 Å². The lowest BCUT2D eigenvalue weighted by atomic mass is 10.1. The van der Waals surface area contributed by atoms with Crippen molar-refractivity contribution >= 4 is 23.1 Å². The van der Waals surface area contributed by atoms with Gasteiger partial charge in [-0.3, -0.25) is 9.69 Å². The van der Waals surface area contributed by atoms with Crippen molar-refractivity contribution in [2.75, 3.05) is 31.1 Å². The summed E-state index contributed by atoms with van der Waals surface area (Å²) in [5, 5.41) is 9.95. The molecule has 0 atom stereocenters. The molecule has 0 saturated carbocycles. The molecule has 1 fully saturated rings. The molecule has 0 aromatic heterocycles. The van der Waals surface area contributed by atoms with Crippen LogP contribution in [0.4, 0.5) is 5.69 Å². The van der Waals surface area contributed by atoms with Crippen molar-refractivity contribution in [3.8, 4) is 6.07 Å². The van der Waals surface area contributed by atoms with Gasteiger partial charge >= 0.3 is 0 Å². The van der Waals surface area contributed by atoms with Gasteiger partial charge in [0.1, 0.15) is 0 Å². The Kier molecular flexibility index (Phi) is 5.92. The zero-order chi connectivity index (χ0) is 18.5. The predicted molar refractivity (Wildman–Crippen MR) is 105 cm³/mol. The summed E-state index contributed by atoms with van der Waals surface area (Å²) >= 11 is 5.96. The number of hydrogen-bond acceptors (Lipinski definition) is 4. The van der Waals surface area contributed by atoms with Crippen LogP contribution in [0, 0.1) is 11.3 Å². The van der Waals surface area contributed by atoms with E-state index in [0.29, 0.717) is 11.1 Å². The predicted octanol–water partition coefficient (Wildman–Crippen LogP) is 4.13.